The zero-order valence-electron chi connectivity index (χ0n) is 14.9. The molecule has 27 heavy (non-hydrogen) atoms. The third kappa shape index (κ3) is 3.52. The second-order valence-corrected chi connectivity index (χ2v) is 5.99. The fourth-order valence-corrected chi connectivity index (χ4v) is 2.62. The minimum absolute atomic E-state index is 0.0855. The first-order chi connectivity index (χ1) is 13.1. The maximum Gasteiger partial charge on any atom is 0.250 e. The van der Waals surface area contributed by atoms with Gasteiger partial charge in [-0.3, -0.25) is 9.78 Å². The van der Waals surface area contributed by atoms with E-state index < -0.39 is 0 Å². The fourth-order valence-electron chi connectivity index (χ4n) is 2.62. The summed E-state index contributed by atoms with van der Waals surface area (Å²) in [4.78, 5) is 20.3. The molecule has 0 spiro atoms. The lowest BCUT2D eigenvalue weighted by atomic mass is 10.3. The van der Waals surface area contributed by atoms with E-state index in [4.69, 9.17) is 13.9 Å². The first kappa shape index (κ1) is 16.8. The van der Waals surface area contributed by atoms with Crippen molar-refractivity contribution in [2.75, 3.05) is 7.11 Å². The molecule has 3 aromatic heterocycles. The van der Waals surface area contributed by atoms with Crippen LogP contribution in [0.15, 0.2) is 64.1 Å². The highest BCUT2D eigenvalue weighted by Crippen LogP contribution is 2.26. The normalized spacial score (nSPS) is 10.9. The number of nitrogens with zero attached hydrogens (tertiary/aromatic N) is 3. The standard InChI is InChI=1S/C20H17N3O4/c1-23-11-13(3-8-19(23)24)20-22-17-9-15(6-7-18(17)27-20)26-12-14-4-5-16(25-2)10-21-14/h3-11H,12H2,1-2H3. The maximum atomic E-state index is 11.5. The average molecular weight is 363 g/mol. The van der Waals surface area contributed by atoms with Gasteiger partial charge in [-0.05, 0) is 30.3 Å². The number of aryl methyl sites for hydroxylation is 1. The van der Waals surface area contributed by atoms with Crippen molar-refractivity contribution in [1.82, 2.24) is 14.5 Å². The summed E-state index contributed by atoms with van der Waals surface area (Å²) in [6.07, 6.45) is 3.35. The first-order valence-corrected chi connectivity index (χ1v) is 8.32. The van der Waals surface area contributed by atoms with E-state index in [9.17, 15) is 4.79 Å². The van der Waals surface area contributed by atoms with Crippen molar-refractivity contribution in [1.29, 1.82) is 0 Å². The molecule has 4 rings (SSSR count). The molecule has 0 amide bonds. The Bertz CT molecular complexity index is 1150. The van der Waals surface area contributed by atoms with Gasteiger partial charge in [0.05, 0.1) is 24.6 Å². The van der Waals surface area contributed by atoms with Gasteiger partial charge in [0.25, 0.3) is 0 Å². The molecule has 0 radical (unpaired) electrons. The largest absolute Gasteiger partial charge is 0.495 e. The number of hydrogen-bond donors (Lipinski definition) is 0. The van der Waals surface area contributed by atoms with Crippen molar-refractivity contribution in [3.63, 3.8) is 0 Å². The van der Waals surface area contributed by atoms with Gasteiger partial charge < -0.3 is 18.5 Å². The van der Waals surface area contributed by atoms with E-state index in [0.29, 0.717) is 35.1 Å². The molecule has 0 saturated carbocycles. The van der Waals surface area contributed by atoms with Gasteiger partial charge >= 0.3 is 0 Å². The van der Waals surface area contributed by atoms with Gasteiger partial charge in [-0.1, -0.05) is 0 Å². The average Bonchev–Trinajstić information content (AvgIpc) is 3.12. The van der Waals surface area contributed by atoms with Crippen LogP contribution in [0.1, 0.15) is 5.69 Å². The molecule has 0 fully saturated rings. The number of pyridine rings is 2. The molecular formula is C20H17N3O4. The second kappa shape index (κ2) is 6.95. The molecular weight excluding hydrogens is 346 g/mol. The number of ether oxygens (including phenoxy) is 2. The molecule has 136 valence electrons. The number of benzene rings is 1. The van der Waals surface area contributed by atoms with Gasteiger partial charge in [-0.25, -0.2) is 4.98 Å². The van der Waals surface area contributed by atoms with Crippen LogP contribution in [0, 0.1) is 0 Å². The van der Waals surface area contributed by atoms with Gasteiger partial charge in [-0.15, -0.1) is 0 Å². The van der Waals surface area contributed by atoms with Crippen LogP contribution in [0.2, 0.25) is 0 Å². The highest BCUT2D eigenvalue weighted by Gasteiger charge is 2.10. The predicted molar refractivity (Wildman–Crippen MR) is 99.8 cm³/mol. The van der Waals surface area contributed by atoms with E-state index in [0.717, 1.165) is 11.3 Å². The Morgan fingerprint density at radius 1 is 1.11 bits per heavy atom. The van der Waals surface area contributed by atoms with Crippen molar-refractivity contribution in [3.8, 4) is 23.0 Å². The molecule has 0 aliphatic carbocycles. The lowest BCUT2D eigenvalue weighted by Gasteiger charge is -2.06. The maximum absolute atomic E-state index is 11.5. The number of oxazole rings is 1. The Labute approximate surface area is 154 Å². The summed E-state index contributed by atoms with van der Waals surface area (Å²) in [7, 11) is 3.29. The smallest absolute Gasteiger partial charge is 0.250 e. The van der Waals surface area contributed by atoms with Gasteiger partial charge in [-0.2, -0.15) is 0 Å². The Morgan fingerprint density at radius 3 is 2.70 bits per heavy atom. The lowest BCUT2D eigenvalue weighted by Crippen LogP contribution is -2.13. The van der Waals surface area contributed by atoms with E-state index in [1.54, 1.807) is 32.6 Å². The zero-order chi connectivity index (χ0) is 18.8. The predicted octanol–water partition coefficient (Wildman–Crippen LogP) is 3.18. The Morgan fingerprint density at radius 2 is 1.96 bits per heavy atom. The summed E-state index contributed by atoms with van der Waals surface area (Å²) >= 11 is 0. The molecule has 1 aromatic carbocycles. The van der Waals surface area contributed by atoms with Crippen molar-refractivity contribution in [2.24, 2.45) is 7.05 Å². The van der Waals surface area contributed by atoms with E-state index in [1.807, 2.05) is 30.3 Å². The molecule has 0 N–H and O–H groups in total. The Kier molecular flexibility index (Phi) is 4.33. The molecule has 3 heterocycles. The van der Waals surface area contributed by atoms with Crippen LogP contribution in [0.3, 0.4) is 0 Å². The van der Waals surface area contributed by atoms with Crippen LogP contribution in [0.5, 0.6) is 11.5 Å². The topological polar surface area (TPSA) is 79.4 Å². The molecule has 7 heteroatoms. The third-order valence-corrected chi connectivity index (χ3v) is 4.11. The van der Waals surface area contributed by atoms with Gasteiger partial charge in [0.1, 0.15) is 23.6 Å². The SMILES string of the molecule is COc1ccc(COc2ccc3oc(-c4ccc(=O)n(C)c4)nc3c2)nc1. The molecule has 0 saturated heterocycles. The molecule has 0 aliphatic heterocycles. The number of aromatic nitrogens is 3. The number of fused-ring (bicyclic) bond motifs is 1. The molecule has 0 aliphatic rings. The number of rotatable bonds is 5. The van der Waals surface area contributed by atoms with Crippen LogP contribution >= 0.6 is 0 Å². The fraction of sp³-hybridized carbons (Fsp3) is 0.150. The Hall–Kier alpha value is -3.61. The minimum Gasteiger partial charge on any atom is -0.495 e. The third-order valence-electron chi connectivity index (χ3n) is 4.11. The van der Waals surface area contributed by atoms with E-state index in [1.165, 1.54) is 10.6 Å². The molecule has 4 aromatic rings. The summed E-state index contributed by atoms with van der Waals surface area (Å²) in [6, 6.07) is 12.3. The summed E-state index contributed by atoms with van der Waals surface area (Å²) in [5.41, 5.74) is 2.77. The summed E-state index contributed by atoms with van der Waals surface area (Å²) in [6.45, 7) is 0.334. The molecule has 0 bridgehead atoms. The lowest BCUT2D eigenvalue weighted by molar-refractivity contribution is 0.301. The highest BCUT2D eigenvalue weighted by atomic mass is 16.5. The second-order valence-electron chi connectivity index (χ2n) is 5.99. The van der Waals surface area contributed by atoms with Crippen molar-refractivity contribution in [2.45, 2.75) is 6.61 Å². The van der Waals surface area contributed by atoms with E-state index in [-0.39, 0.29) is 5.56 Å². The van der Waals surface area contributed by atoms with Crippen LogP contribution in [-0.4, -0.2) is 21.6 Å². The molecule has 0 unspecified atom stereocenters. The summed E-state index contributed by atoms with van der Waals surface area (Å²) < 4.78 is 18.2. The molecule has 7 nitrogen and oxygen atoms in total. The molecule has 0 atom stereocenters. The van der Waals surface area contributed by atoms with E-state index in [2.05, 4.69) is 9.97 Å². The summed E-state index contributed by atoms with van der Waals surface area (Å²) in [5, 5.41) is 0. The Balaban J connectivity index is 1.54. The van der Waals surface area contributed by atoms with Crippen LogP contribution in [0.25, 0.3) is 22.6 Å². The van der Waals surface area contributed by atoms with Crippen LogP contribution in [0.4, 0.5) is 0 Å². The van der Waals surface area contributed by atoms with Gasteiger partial charge in [0.15, 0.2) is 5.58 Å². The van der Waals surface area contributed by atoms with Crippen LogP contribution in [-0.2, 0) is 13.7 Å². The quantitative estimate of drug-likeness (QED) is 0.542. The minimum atomic E-state index is -0.0855. The monoisotopic (exact) mass is 363 g/mol. The number of methoxy groups -OCH3 is 1. The number of hydrogen-bond acceptors (Lipinski definition) is 6. The van der Waals surface area contributed by atoms with Gasteiger partial charge in [0.2, 0.25) is 11.4 Å². The van der Waals surface area contributed by atoms with Gasteiger partial charge in [0, 0.05) is 25.4 Å². The van der Waals surface area contributed by atoms with Crippen molar-refractivity contribution >= 4 is 11.1 Å². The highest BCUT2D eigenvalue weighted by molar-refractivity contribution is 5.77. The van der Waals surface area contributed by atoms with Crippen molar-refractivity contribution in [3.05, 3.63) is 70.9 Å². The summed E-state index contributed by atoms with van der Waals surface area (Å²) in [5.74, 6) is 1.82. The zero-order valence-corrected chi connectivity index (χ0v) is 14.9. The van der Waals surface area contributed by atoms with E-state index >= 15 is 0 Å². The first-order valence-electron chi connectivity index (χ1n) is 8.32. The van der Waals surface area contributed by atoms with Crippen molar-refractivity contribution < 1.29 is 13.9 Å². The van der Waals surface area contributed by atoms with Crippen LogP contribution < -0.4 is 15.0 Å².